The third-order valence-corrected chi connectivity index (χ3v) is 3.27. The summed E-state index contributed by atoms with van der Waals surface area (Å²) in [5.74, 6) is 1.21. The van der Waals surface area contributed by atoms with Crippen molar-refractivity contribution in [3.63, 3.8) is 0 Å². The first-order chi connectivity index (χ1) is 9.61. The van der Waals surface area contributed by atoms with Crippen LogP contribution in [0.4, 0.5) is 23.0 Å². The molecule has 0 radical (unpaired) electrons. The van der Waals surface area contributed by atoms with Gasteiger partial charge >= 0.3 is 0 Å². The number of benzene rings is 1. The van der Waals surface area contributed by atoms with Crippen molar-refractivity contribution in [3.05, 3.63) is 35.1 Å². The van der Waals surface area contributed by atoms with E-state index in [1.54, 1.807) is 0 Å². The van der Waals surface area contributed by atoms with Crippen LogP contribution < -0.4 is 16.4 Å². The highest BCUT2D eigenvalue weighted by molar-refractivity contribution is 6.31. The third-order valence-electron chi connectivity index (χ3n) is 2.86. The normalized spacial score (nSPS) is 10.3. The predicted molar refractivity (Wildman–Crippen MR) is 84.7 cm³/mol. The van der Waals surface area contributed by atoms with Crippen molar-refractivity contribution >= 4 is 34.6 Å². The van der Waals surface area contributed by atoms with Gasteiger partial charge in [0.1, 0.15) is 12.0 Å². The molecule has 0 aliphatic rings. The molecule has 0 aliphatic carbocycles. The molecule has 0 fully saturated rings. The fourth-order valence-electron chi connectivity index (χ4n) is 1.69. The first-order valence-corrected chi connectivity index (χ1v) is 6.87. The molecule has 0 aliphatic heterocycles. The zero-order chi connectivity index (χ0) is 14.5. The standard InChI is InChI=1S/C14H18ClN5/c1-3-6-17-13-12(16)14(19-8-18-13)20-10-5-4-9(2)11(15)7-10/h4-5,7-8H,3,6,16H2,1-2H3,(H2,17,18,19,20). The van der Waals surface area contributed by atoms with Crippen LogP contribution in [0, 0.1) is 6.92 Å². The van der Waals surface area contributed by atoms with Crippen LogP contribution >= 0.6 is 11.6 Å². The van der Waals surface area contributed by atoms with Gasteiger partial charge in [0.15, 0.2) is 11.6 Å². The average Bonchev–Trinajstić information content (AvgIpc) is 2.44. The number of halogens is 1. The minimum atomic E-state index is 0.498. The Kier molecular flexibility index (Phi) is 4.63. The fraction of sp³-hybridized carbons (Fsp3) is 0.286. The van der Waals surface area contributed by atoms with Crippen molar-refractivity contribution in [2.75, 3.05) is 22.9 Å². The fourth-order valence-corrected chi connectivity index (χ4v) is 1.87. The zero-order valence-electron chi connectivity index (χ0n) is 11.6. The summed E-state index contributed by atoms with van der Waals surface area (Å²) in [6.07, 6.45) is 2.48. The predicted octanol–water partition coefficient (Wildman–Crippen LogP) is 3.59. The number of nitrogens with one attached hydrogen (secondary N) is 2. The Morgan fingerprint density at radius 3 is 2.70 bits per heavy atom. The van der Waals surface area contributed by atoms with Gasteiger partial charge in [0.2, 0.25) is 0 Å². The van der Waals surface area contributed by atoms with Gasteiger partial charge in [-0.2, -0.15) is 0 Å². The van der Waals surface area contributed by atoms with E-state index in [4.69, 9.17) is 17.3 Å². The smallest absolute Gasteiger partial charge is 0.159 e. The van der Waals surface area contributed by atoms with E-state index in [-0.39, 0.29) is 0 Å². The molecule has 4 N–H and O–H groups in total. The Hall–Kier alpha value is -2.01. The lowest BCUT2D eigenvalue weighted by Gasteiger charge is -2.12. The zero-order valence-corrected chi connectivity index (χ0v) is 12.3. The highest BCUT2D eigenvalue weighted by Gasteiger charge is 2.08. The van der Waals surface area contributed by atoms with E-state index < -0.39 is 0 Å². The number of nitrogens with two attached hydrogens (primary N) is 1. The minimum Gasteiger partial charge on any atom is -0.393 e. The lowest BCUT2D eigenvalue weighted by Crippen LogP contribution is -2.08. The van der Waals surface area contributed by atoms with Crippen LogP contribution in [0.15, 0.2) is 24.5 Å². The van der Waals surface area contributed by atoms with Gasteiger partial charge in [0, 0.05) is 17.3 Å². The molecule has 1 aromatic carbocycles. The van der Waals surface area contributed by atoms with Crippen molar-refractivity contribution in [3.8, 4) is 0 Å². The summed E-state index contributed by atoms with van der Waals surface area (Å²) in [6.45, 7) is 4.85. The summed E-state index contributed by atoms with van der Waals surface area (Å²) in [7, 11) is 0. The van der Waals surface area contributed by atoms with Gasteiger partial charge in [0.25, 0.3) is 0 Å². The van der Waals surface area contributed by atoms with Crippen LogP contribution in [-0.2, 0) is 0 Å². The average molecular weight is 292 g/mol. The van der Waals surface area contributed by atoms with Crippen LogP contribution in [0.1, 0.15) is 18.9 Å². The molecular weight excluding hydrogens is 274 g/mol. The van der Waals surface area contributed by atoms with Crippen LogP contribution in [0.3, 0.4) is 0 Å². The van der Waals surface area contributed by atoms with Gasteiger partial charge in [0.05, 0.1) is 0 Å². The summed E-state index contributed by atoms with van der Waals surface area (Å²) < 4.78 is 0. The quantitative estimate of drug-likeness (QED) is 0.785. The number of rotatable bonds is 5. The molecule has 5 nitrogen and oxygen atoms in total. The van der Waals surface area contributed by atoms with Gasteiger partial charge < -0.3 is 16.4 Å². The number of hydrogen-bond donors (Lipinski definition) is 3. The van der Waals surface area contributed by atoms with Crippen LogP contribution in [0.5, 0.6) is 0 Å². The summed E-state index contributed by atoms with van der Waals surface area (Å²) in [5.41, 5.74) is 8.42. The van der Waals surface area contributed by atoms with Gasteiger partial charge in [-0.1, -0.05) is 24.6 Å². The van der Waals surface area contributed by atoms with Crippen LogP contribution in [0.25, 0.3) is 0 Å². The maximum absolute atomic E-state index is 6.10. The van der Waals surface area contributed by atoms with Crippen LogP contribution in [-0.4, -0.2) is 16.5 Å². The van der Waals surface area contributed by atoms with Gasteiger partial charge in [-0.15, -0.1) is 0 Å². The number of aromatic nitrogens is 2. The Morgan fingerprint density at radius 2 is 2.00 bits per heavy atom. The molecule has 2 rings (SSSR count). The number of aryl methyl sites for hydroxylation is 1. The van der Waals surface area contributed by atoms with E-state index in [0.29, 0.717) is 22.3 Å². The molecule has 1 aromatic heterocycles. The maximum Gasteiger partial charge on any atom is 0.159 e. The Labute approximate surface area is 123 Å². The highest BCUT2D eigenvalue weighted by atomic mass is 35.5. The lowest BCUT2D eigenvalue weighted by molar-refractivity contribution is 0.966. The van der Waals surface area contributed by atoms with Crippen molar-refractivity contribution in [1.29, 1.82) is 0 Å². The third kappa shape index (κ3) is 3.30. The van der Waals surface area contributed by atoms with E-state index in [2.05, 4.69) is 27.5 Å². The van der Waals surface area contributed by atoms with Crippen molar-refractivity contribution in [2.24, 2.45) is 0 Å². The lowest BCUT2D eigenvalue weighted by atomic mass is 10.2. The molecule has 0 amide bonds. The molecule has 6 heteroatoms. The first-order valence-electron chi connectivity index (χ1n) is 6.49. The molecule has 0 saturated heterocycles. The topological polar surface area (TPSA) is 75.9 Å². The first kappa shape index (κ1) is 14.4. The summed E-state index contributed by atoms with van der Waals surface area (Å²) in [6, 6.07) is 5.72. The minimum absolute atomic E-state index is 0.498. The van der Waals surface area contributed by atoms with E-state index >= 15 is 0 Å². The molecule has 106 valence electrons. The Bertz CT molecular complexity index is 600. The largest absolute Gasteiger partial charge is 0.393 e. The molecule has 20 heavy (non-hydrogen) atoms. The van der Waals surface area contributed by atoms with Gasteiger partial charge in [-0.05, 0) is 31.0 Å². The molecule has 0 saturated carbocycles. The number of nitrogens with zero attached hydrogens (tertiary/aromatic N) is 2. The maximum atomic E-state index is 6.10. The van der Waals surface area contributed by atoms with Gasteiger partial charge in [-0.25, -0.2) is 9.97 Å². The monoisotopic (exact) mass is 291 g/mol. The Morgan fingerprint density at radius 1 is 1.25 bits per heavy atom. The summed E-state index contributed by atoms with van der Waals surface area (Å²) in [5, 5.41) is 7.02. The van der Waals surface area contributed by atoms with Crippen molar-refractivity contribution in [1.82, 2.24) is 9.97 Å². The Balaban J connectivity index is 2.22. The second-order valence-electron chi connectivity index (χ2n) is 4.50. The molecule has 0 unspecified atom stereocenters. The molecule has 1 heterocycles. The van der Waals surface area contributed by atoms with Gasteiger partial charge in [-0.3, -0.25) is 0 Å². The second-order valence-corrected chi connectivity index (χ2v) is 4.91. The molecular formula is C14H18ClN5. The second kappa shape index (κ2) is 6.43. The SMILES string of the molecule is CCCNc1ncnc(Nc2ccc(C)c(Cl)c2)c1N. The van der Waals surface area contributed by atoms with E-state index in [0.717, 1.165) is 24.2 Å². The highest BCUT2D eigenvalue weighted by Crippen LogP contribution is 2.27. The molecule has 0 bridgehead atoms. The van der Waals surface area contributed by atoms with Crippen molar-refractivity contribution < 1.29 is 0 Å². The molecule has 2 aromatic rings. The molecule has 0 spiro atoms. The molecule has 0 atom stereocenters. The summed E-state index contributed by atoms with van der Waals surface area (Å²) >= 11 is 6.10. The summed E-state index contributed by atoms with van der Waals surface area (Å²) in [4.78, 5) is 8.30. The van der Waals surface area contributed by atoms with Crippen LogP contribution in [0.2, 0.25) is 5.02 Å². The number of nitrogen functional groups attached to an aromatic ring is 1. The van der Waals surface area contributed by atoms with E-state index in [1.807, 2.05) is 25.1 Å². The van der Waals surface area contributed by atoms with E-state index in [9.17, 15) is 0 Å². The number of anilines is 4. The van der Waals surface area contributed by atoms with E-state index in [1.165, 1.54) is 6.33 Å². The van der Waals surface area contributed by atoms with Crippen molar-refractivity contribution in [2.45, 2.75) is 20.3 Å². The number of hydrogen-bond acceptors (Lipinski definition) is 5.